The third kappa shape index (κ3) is 4.57. The van der Waals surface area contributed by atoms with Gasteiger partial charge in [-0.1, -0.05) is 23.9 Å². The van der Waals surface area contributed by atoms with Gasteiger partial charge in [-0.2, -0.15) is 5.26 Å². The van der Waals surface area contributed by atoms with Crippen molar-refractivity contribution in [3.05, 3.63) is 71.5 Å². The van der Waals surface area contributed by atoms with Gasteiger partial charge < -0.3 is 5.32 Å². The Morgan fingerprint density at radius 1 is 1.22 bits per heavy atom. The number of nitrogens with zero attached hydrogens (tertiary/aromatic N) is 3. The first-order valence-electron chi connectivity index (χ1n) is 8.56. The molecule has 0 radical (unpaired) electrons. The first-order chi connectivity index (χ1) is 13.0. The van der Waals surface area contributed by atoms with Crippen molar-refractivity contribution in [1.82, 2.24) is 9.55 Å². The average Bonchev–Trinajstić information content (AvgIpc) is 3.09. The third-order valence-corrected chi connectivity index (χ3v) is 5.08. The average molecular weight is 376 g/mol. The molecule has 6 heteroatoms. The van der Waals surface area contributed by atoms with Crippen LogP contribution in [0.5, 0.6) is 0 Å². The molecule has 0 bridgehead atoms. The smallest absolute Gasteiger partial charge is 0.237 e. The second-order valence-electron chi connectivity index (χ2n) is 6.37. The molecule has 3 rings (SSSR count). The van der Waals surface area contributed by atoms with Gasteiger partial charge in [0.2, 0.25) is 5.91 Å². The van der Waals surface area contributed by atoms with E-state index in [0.717, 1.165) is 10.8 Å². The molecule has 1 unspecified atom stereocenters. The van der Waals surface area contributed by atoms with Crippen molar-refractivity contribution in [2.24, 2.45) is 0 Å². The van der Waals surface area contributed by atoms with E-state index >= 15 is 0 Å². The minimum absolute atomic E-state index is 0.134. The lowest BCUT2D eigenvalue weighted by Gasteiger charge is -2.14. The lowest BCUT2D eigenvalue weighted by Crippen LogP contribution is -2.22. The molecule has 0 aliphatic heterocycles. The molecule has 0 aliphatic carbocycles. The van der Waals surface area contributed by atoms with Gasteiger partial charge in [-0.05, 0) is 62.2 Å². The van der Waals surface area contributed by atoms with Gasteiger partial charge in [0.1, 0.15) is 0 Å². The molecule has 0 saturated heterocycles. The molecule has 2 aromatic carbocycles. The number of benzene rings is 2. The quantitative estimate of drug-likeness (QED) is 0.667. The number of aryl methyl sites for hydroxylation is 2. The van der Waals surface area contributed by atoms with Crippen LogP contribution in [0.15, 0.2) is 60.0 Å². The summed E-state index contributed by atoms with van der Waals surface area (Å²) in [5.74, 6) is -0.134. The van der Waals surface area contributed by atoms with Crippen molar-refractivity contribution in [2.45, 2.75) is 31.2 Å². The Balaban J connectivity index is 1.75. The van der Waals surface area contributed by atoms with E-state index in [1.165, 1.54) is 22.9 Å². The van der Waals surface area contributed by atoms with Crippen LogP contribution in [0.2, 0.25) is 0 Å². The number of rotatable bonds is 5. The number of aromatic nitrogens is 2. The number of carbonyl (C=O) groups excluding carboxylic acids is 1. The number of hydrogen-bond acceptors (Lipinski definition) is 4. The second kappa shape index (κ2) is 8.11. The maximum atomic E-state index is 12.5. The lowest BCUT2D eigenvalue weighted by molar-refractivity contribution is -0.115. The molecule has 0 spiro atoms. The monoisotopic (exact) mass is 376 g/mol. The Bertz CT molecular complexity index is 999. The summed E-state index contributed by atoms with van der Waals surface area (Å²) in [5, 5.41) is 12.2. The molecule has 0 fully saturated rings. The fourth-order valence-electron chi connectivity index (χ4n) is 2.79. The van der Waals surface area contributed by atoms with Crippen LogP contribution < -0.4 is 5.32 Å². The molecular formula is C21H20N4OS. The Morgan fingerprint density at radius 2 is 1.96 bits per heavy atom. The number of hydrogen-bond donors (Lipinski definition) is 1. The van der Waals surface area contributed by atoms with Gasteiger partial charge in [-0.15, -0.1) is 0 Å². The number of thioether (sulfide) groups is 1. The molecule has 1 N–H and O–H groups in total. The van der Waals surface area contributed by atoms with Crippen molar-refractivity contribution < 1.29 is 4.79 Å². The molecule has 0 aliphatic rings. The van der Waals surface area contributed by atoms with E-state index in [1.807, 2.05) is 17.7 Å². The maximum Gasteiger partial charge on any atom is 0.237 e. The number of nitrogens with one attached hydrogen (secondary N) is 1. The Labute approximate surface area is 163 Å². The summed E-state index contributed by atoms with van der Waals surface area (Å²) in [5.41, 5.74) is 4.51. The number of nitriles is 1. The summed E-state index contributed by atoms with van der Waals surface area (Å²) in [7, 11) is 0. The standard InChI is InChI=1S/C21H20N4OS/c1-14-9-15(2)11-19(10-14)25-8-7-23-21(25)27-16(3)20(26)24-18-6-4-5-17(12-18)13-22/h4-12,16H,1-3H3,(H,24,26). The molecule has 1 aromatic heterocycles. The van der Waals surface area contributed by atoms with Gasteiger partial charge in [0.25, 0.3) is 0 Å². The largest absolute Gasteiger partial charge is 0.325 e. The molecule has 136 valence electrons. The predicted octanol–water partition coefficient (Wildman–Crippen LogP) is 4.48. The minimum atomic E-state index is -0.345. The van der Waals surface area contributed by atoms with E-state index in [9.17, 15) is 4.79 Å². The van der Waals surface area contributed by atoms with Crippen LogP contribution >= 0.6 is 11.8 Å². The van der Waals surface area contributed by atoms with Gasteiger partial charge in [0, 0.05) is 23.8 Å². The summed E-state index contributed by atoms with van der Waals surface area (Å²) >= 11 is 1.40. The van der Waals surface area contributed by atoms with Gasteiger partial charge in [-0.25, -0.2) is 4.98 Å². The van der Waals surface area contributed by atoms with Crippen LogP contribution in [-0.2, 0) is 4.79 Å². The fraction of sp³-hybridized carbons (Fsp3) is 0.190. The third-order valence-electron chi connectivity index (χ3n) is 4.00. The van der Waals surface area contributed by atoms with Gasteiger partial charge in [-0.3, -0.25) is 9.36 Å². The van der Waals surface area contributed by atoms with Crippen molar-refractivity contribution in [3.63, 3.8) is 0 Å². The Hall–Kier alpha value is -3.04. The molecule has 1 amide bonds. The number of imidazole rings is 1. The van der Waals surface area contributed by atoms with E-state index < -0.39 is 0 Å². The predicted molar refractivity (Wildman–Crippen MR) is 108 cm³/mol. The highest BCUT2D eigenvalue weighted by molar-refractivity contribution is 8.00. The highest BCUT2D eigenvalue weighted by Gasteiger charge is 2.18. The molecule has 27 heavy (non-hydrogen) atoms. The highest BCUT2D eigenvalue weighted by atomic mass is 32.2. The zero-order valence-corrected chi connectivity index (χ0v) is 16.2. The molecule has 1 atom stereocenters. The zero-order chi connectivity index (χ0) is 19.4. The van der Waals surface area contributed by atoms with Crippen LogP contribution in [-0.4, -0.2) is 20.7 Å². The normalized spacial score (nSPS) is 11.6. The van der Waals surface area contributed by atoms with Crippen molar-refractivity contribution in [3.8, 4) is 11.8 Å². The summed E-state index contributed by atoms with van der Waals surface area (Å²) in [6, 6.07) is 15.3. The number of anilines is 1. The molecule has 0 saturated carbocycles. The topological polar surface area (TPSA) is 70.7 Å². The van der Waals surface area contributed by atoms with E-state index in [4.69, 9.17) is 5.26 Å². The fourth-order valence-corrected chi connectivity index (χ4v) is 3.67. The SMILES string of the molecule is Cc1cc(C)cc(-n2ccnc2SC(C)C(=O)Nc2cccc(C#N)c2)c1. The van der Waals surface area contributed by atoms with E-state index in [0.29, 0.717) is 11.3 Å². The summed E-state index contributed by atoms with van der Waals surface area (Å²) in [4.78, 5) is 17.0. The van der Waals surface area contributed by atoms with Crippen molar-refractivity contribution in [1.29, 1.82) is 5.26 Å². The van der Waals surface area contributed by atoms with Gasteiger partial charge >= 0.3 is 0 Å². The zero-order valence-electron chi connectivity index (χ0n) is 15.4. The van der Waals surface area contributed by atoms with Crippen molar-refractivity contribution >= 4 is 23.4 Å². The van der Waals surface area contributed by atoms with E-state index in [1.54, 1.807) is 30.5 Å². The summed E-state index contributed by atoms with van der Waals surface area (Å²) < 4.78 is 1.99. The summed E-state index contributed by atoms with van der Waals surface area (Å²) in [6.45, 7) is 5.96. The van der Waals surface area contributed by atoms with Gasteiger partial charge in [0.05, 0.1) is 16.9 Å². The highest BCUT2D eigenvalue weighted by Crippen LogP contribution is 2.26. The molecular weight excluding hydrogens is 356 g/mol. The van der Waals surface area contributed by atoms with Crippen LogP contribution in [0.4, 0.5) is 5.69 Å². The second-order valence-corrected chi connectivity index (χ2v) is 7.68. The van der Waals surface area contributed by atoms with Crippen molar-refractivity contribution in [2.75, 3.05) is 5.32 Å². The molecule has 5 nitrogen and oxygen atoms in total. The first kappa shape index (κ1) is 18.7. The van der Waals surface area contributed by atoms with E-state index in [2.05, 4.69) is 48.4 Å². The summed E-state index contributed by atoms with van der Waals surface area (Å²) in [6.07, 6.45) is 3.64. The van der Waals surface area contributed by atoms with Crippen LogP contribution in [0.1, 0.15) is 23.6 Å². The van der Waals surface area contributed by atoms with Crippen LogP contribution in [0.3, 0.4) is 0 Å². The minimum Gasteiger partial charge on any atom is -0.325 e. The first-order valence-corrected chi connectivity index (χ1v) is 9.44. The maximum absolute atomic E-state index is 12.5. The Morgan fingerprint density at radius 3 is 2.67 bits per heavy atom. The molecule has 1 heterocycles. The van der Waals surface area contributed by atoms with Crippen LogP contribution in [0, 0.1) is 25.2 Å². The number of carbonyl (C=O) groups is 1. The number of amides is 1. The Kier molecular flexibility index (Phi) is 5.63. The lowest BCUT2D eigenvalue weighted by atomic mass is 10.1. The van der Waals surface area contributed by atoms with E-state index in [-0.39, 0.29) is 11.2 Å². The van der Waals surface area contributed by atoms with Crippen LogP contribution in [0.25, 0.3) is 5.69 Å². The molecule has 3 aromatic rings. The van der Waals surface area contributed by atoms with Gasteiger partial charge in [0.15, 0.2) is 5.16 Å².